The highest BCUT2D eigenvalue weighted by atomic mass is 19.1. The summed E-state index contributed by atoms with van der Waals surface area (Å²) in [6, 6.07) is 27.7. The highest BCUT2D eigenvalue weighted by Crippen LogP contribution is 2.48. The van der Waals surface area contributed by atoms with Crippen molar-refractivity contribution in [2.75, 3.05) is 39.6 Å². The van der Waals surface area contributed by atoms with E-state index in [9.17, 15) is 43.5 Å². The minimum atomic E-state index is -2.02. The molecule has 19 nitrogen and oxygen atoms in total. The number of halogens is 1. The van der Waals surface area contributed by atoms with Crippen LogP contribution in [0.4, 0.5) is 9.18 Å². The van der Waals surface area contributed by atoms with Crippen LogP contribution in [0, 0.1) is 12.7 Å². The molecular weight excluding hydrogens is 1010 g/mol. The van der Waals surface area contributed by atoms with Gasteiger partial charge < -0.3 is 55.8 Å². The van der Waals surface area contributed by atoms with E-state index in [4.69, 9.17) is 14.2 Å². The molecule has 5 aromatic carbocycles. The molecule has 0 saturated carbocycles. The Morgan fingerprint density at radius 3 is 2.21 bits per heavy atom. The maximum Gasteiger partial charge on any atom is 0.407 e. The van der Waals surface area contributed by atoms with Crippen LogP contribution in [0.1, 0.15) is 81.8 Å². The second-order valence-electron chi connectivity index (χ2n) is 19.7. The summed E-state index contributed by atoms with van der Waals surface area (Å²) in [7, 11) is 0. The fraction of sp³-hybridized carbons (Fsp3) is 0.310. The van der Waals surface area contributed by atoms with Gasteiger partial charge in [0.2, 0.25) is 29.5 Å². The predicted molar refractivity (Wildman–Crippen MR) is 281 cm³/mol. The Morgan fingerprint density at radius 2 is 1.47 bits per heavy atom. The number of cyclic esters (lactones) is 1. The number of carbonyl (C=O) groups excluding carboxylic acids is 7. The fourth-order valence-electron chi connectivity index (χ4n) is 11.1. The third-order valence-corrected chi connectivity index (χ3v) is 15.0. The number of benzene rings is 5. The molecule has 0 radical (unpaired) electrons. The van der Waals surface area contributed by atoms with Gasteiger partial charge in [-0.25, -0.2) is 14.0 Å². The minimum Gasteiger partial charge on any atom is -0.458 e. The molecule has 0 fully saturated rings. The molecule has 7 N–H and O–H groups in total. The van der Waals surface area contributed by atoms with Crippen molar-refractivity contribution in [1.29, 1.82) is 0 Å². The zero-order valence-corrected chi connectivity index (χ0v) is 42.7. The van der Waals surface area contributed by atoms with E-state index in [1.165, 1.54) is 6.07 Å². The largest absolute Gasteiger partial charge is 0.458 e. The highest BCUT2D eigenvalue weighted by molar-refractivity contribution is 5.98. The predicted octanol–water partition coefficient (Wildman–Crippen LogP) is 3.82. The molecule has 1 aromatic heterocycles. The van der Waals surface area contributed by atoms with Crippen molar-refractivity contribution in [3.8, 4) is 22.4 Å². The molecule has 402 valence electrons. The summed E-state index contributed by atoms with van der Waals surface area (Å²) in [5.74, 6) is -4.69. The summed E-state index contributed by atoms with van der Waals surface area (Å²) in [4.78, 5) is 105. The standard InChI is InChI=1S/C58H56FN7O12/c1-3-58(75)43-22-47-39-20-33-21-44(59)31(2)34-17-18-45(53(52(33)34)40(39)26-66(47)55(72)42(43)28-77-56(58)73)64-51(70)29-76-30-63-49(68)23-61-54(71)46(19-32-11-5-4-6-12-32)65-50(69)25-60-48(67)24-62-57(74)78-27-41-37-15-9-7-13-35(37)36-14-8-10-16-38(36)41/h4-16,20-22,41,45-46,75H,3,17-19,23-30H2,1-2H3,(H,60,67)(H,61,71)(H,62,74)(H,63,68)(H,64,70)(H,65,69)/t45-,46-,58-/m0/s1. The molecule has 0 unspecified atom stereocenters. The van der Waals surface area contributed by atoms with Gasteiger partial charge >= 0.3 is 12.1 Å². The number of aromatic nitrogens is 1. The monoisotopic (exact) mass is 1060 g/mol. The zero-order valence-electron chi connectivity index (χ0n) is 42.7. The topological polar surface area (TPSA) is 262 Å². The average molecular weight is 1060 g/mol. The first-order valence-electron chi connectivity index (χ1n) is 25.7. The Bertz CT molecular complexity index is 3470. The third-order valence-electron chi connectivity index (χ3n) is 15.0. The zero-order chi connectivity index (χ0) is 54.8. The summed E-state index contributed by atoms with van der Waals surface area (Å²) < 4.78 is 33.2. The number of aliphatic hydroxyl groups is 1. The fourth-order valence-corrected chi connectivity index (χ4v) is 11.1. The Morgan fingerprint density at radius 1 is 0.795 bits per heavy atom. The van der Waals surface area contributed by atoms with Crippen molar-refractivity contribution >= 4 is 52.4 Å². The van der Waals surface area contributed by atoms with Crippen molar-refractivity contribution in [2.24, 2.45) is 0 Å². The van der Waals surface area contributed by atoms with Crippen LogP contribution in [0.2, 0.25) is 0 Å². The Hall–Kier alpha value is -8.75. The van der Waals surface area contributed by atoms with Crippen LogP contribution >= 0.6 is 0 Å². The van der Waals surface area contributed by atoms with E-state index in [0.717, 1.165) is 44.3 Å². The number of pyridine rings is 1. The summed E-state index contributed by atoms with van der Waals surface area (Å²) in [6.45, 7) is 0.806. The quantitative estimate of drug-likeness (QED) is 0.0368. The smallest absolute Gasteiger partial charge is 0.407 e. The number of esters is 1. The summed E-state index contributed by atoms with van der Waals surface area (Å²) in [5.41, 5.74) is 6.57. The Balaban J connectivity index is 0.700. The summed E-state index contributed by atoms with van der Waals surface area (Å²) in [5, 5.41) is 28.2. The second-order valence-corrected chi connectivity index (χ2v) is 19.7. The van der Waals surface area contributed by atoms with Crippen LogP contribution in [-0.2, 0) is 74.6 Å². The van der Waals surface area contributed by atoms with Gasteiger partial charge in [-0.3, -0.25) is 28.8 Å². The second kappa shape index (κ2) is 22.1. The lowest BCUT2D eigenvalue weighted by atomic mass is 9.79. The molecule has 6 amide bonds. The number of rotatable bonds is 18. The van der Waals surface area contributed by atoms with Crippen LogP contribution in [0.5, 0.6) is 0 Å². The summed E-state index contributed by atoms with van der Waals surface area (Å²) >= 11 is 0. The van der Waals surface area contributed by atoms with E-state index in [-0.39, 0.29) is 49.6 Å². The molecule has 10 rings (SSSR count). The number of nitrogens with one attached hydrogen (secondary N) is 6. The van der Waals surface area contributed by atoms with Crippen LogP contribution in [0.15, 0.2) is 102 Å². The molecule has 0 bridgehead atoms. The number of alkyl carbamates (subject to hydrolysis) is 1. The molecule has 4 aliphatic rings. The number of nitrogens with zero attached hydrogens (tertiary/aromatic N) is 1. The first kappa shape index (κ1) is 52.7. The lowest BCUT2D eigenvalue weighted by molar-refractivity contribution is -0.172. The minimum absolute atomic E-state index is 0.0262. The van der Waals surface area contributed by atoms with Crippen molar-refractivity contribution in [1.82, 2.24) is 36.5 Å². The highest BCUT2D eigenvalue weighted by Gasteiger charge is 2.46. The van der Waals surface area contributed by atoms with Gasteiger partial charge in [-0.15, -0.1) is 0 Å². The van der Waals surface area contributed by atoms with Gasteiger partial charge in [0.1, 0.15) is 45.0 Å². The van der Waals surface area contributed by atoms with Gasteiger partial charge in [-0.1, -0.05) is 85.8 Å². The first-order chi connectivity index (χ1) is 37.6. The molecule has 0 spiro atoms. The summed E-state index contributed by atoms with van der Waals surface area (Å²) in [6.07, 6.45) is 0.0519. The van der Waals surface area contributed by atoms with Gasteiger partial charge in [-0.05, 0) is 105 Å². The molecule has 78 heavy (non-hydrogen) atoms. The molecule has 3 atom stereocenters. The number of hydrogen-bond donors (Lipinski definition) is 7. The van der Waals surface area contributed by atoms with Crippen LogP contribution < -0.4 is 37.5 Å². The number of carbonyl (C=O) groups is 7. The number of ether oxygens (including phenoxy) is 3. The lowest BCUT2D eigenvalue weighted by Crippen LogP contribution is -2.52. The molecule has 20 heteroatoms. The molecular formula is C58H56FN7O12. The average Bonchev–Trinajstić information content (AvgIpc) is 3.92. The Kier molecular flexibility index (Phi) is 14.9. The number of fused-ring (bicyclic) bond motifs is 8. The molecule has 6 aromatic rings. The maximum atomic E-state index is 15.4. The lowest BCUT2D eigenvalue weighted by Gasteiger charge is -2.31. The molecule has 2 aliphatic carbocycles. The molecule has 2 aliphatic heterocycles. The number of amides is 6. The Labute approximate surface area is 446 Å². The first-order valence-corrected chi connectivity index (χ1v) is 25.7. The third kappa shape index (κ3) is 10.3. The van der Waals surface area contributed by atoms with Gasteiger partial charge in [-0.2, -0.15) is 0 Å². The van der Waals surface area contributed by atoms with E-state index in [1.807, 2.05) is 48.5 Å². The van der Waals surface area contributed by atoms with Crippen molar-refractivity contribution in [2.45, 2.75) is 76.3 Å². The van der Waals surface area contributed by atoms with E-state index in [0.29, 0.717) is 40.6 Å². The number of hydrogen-bond acceptors (Lipinski definition) is 12. The normalized spacial score (nSPS) is 16.8. The van der Waals surface area contributed by atoms with E-state index >= 15 is 4.39 Å². The van der Waals surface area contributed by atoms with Crippen molar-refractivity contribution in [3.63, 3.8) is 0 Å². The van der Waals surface area contributed by atoms with Gasteiger partial charge in [0.25, 0.3) is 5.56 Å². The molecule has 3 heterocycles. The van der Waals surface area contributed by atoms with E-state index in [1.54, 1.807) is 60.9 Å². The van der Waals surface area contributed by atoms with Crippen molar-refractivity contribution < 1.29 is 57.3 Å². The van der Waals surface area contributed by atoms with Crippen LogP contribution in [-0.4, -0.2) is 96.9 Å². The van der Waals surface area contributed by atoms with Crippen molar-refractivity contribution in [3.05, 3.63) is 163 Å². The molecule has 0 saturated heterocycles. The van der Waals surface area contributed by atoms with Gasteiger partial charge in [0.15, 0.2) is 5.60 Å². The van der Waals surface area contributed by atoms with Gasteiger partial charge in [0.05, 0.1) is 36.9 Å². The van der Waals surface area contributed by atoms with Crippen LogP contribution in [0.3, 0.4) is 0 Å². The number of aryl methyl sites for hydroxylation is 1. The van der Waals surface area contributed by atoms with E-state index in [2.05, 4.69) is 31.9 Å². The van der Waals surface area contributed by atoms with Gasteiger partial charge in [0, 0.05) is 23.5 Å². The maximum absolute atomic E-state index is 15.4. The SMILES string of the molecule is CC[C@@]1(O)C(=O)OCc2c1cc1n(c2=O)Cc2c-1cc1cc(F)c(C)c3c1c2[C@@H](NC(=O)COCNC(=O)CNC(=O)[C@H](Cc1ccccc1)NC(=O)CNC(=O)CNC(=O)OCC1c2ccccc2-c2ccccc21)CC3. The van der Waals surface area contributed by atoms with E-state index < -0.39 is 104 Å². The van der Waals surface area contributed by atoms with Crippen LogP contribution in [0.25, 0.3) is 33.2 Å².